The van der Waals surface area contributed by atoms with Crippen molar-refractivity contribution < 1.29 is 9.53 Å². The SMILES string of the molecule is CNC1(C(=O)OC)CCC(N2CCC(N(C)C)C2)C1. The van der Waals surface area contributed by atoms with Gasteiger partial charge in [0, 0.05) is 25.2 Å². The number of hydrogen-bond donors (Lipinski definition) is 1. The Morgan fingerprint density at radius 3 is 2.68 bits per heavy atom. The first kappa shape index (κ1) is 14.8. The van der Waals surface area contributed by atoms with Crippen molar-refractivity contribution in [2.75, 3.05) is 41.3 Å². The van der Waals surface area contributed by atoms with Crippen molar-refractivity contribution in [3.05, 3.63) is 0 Å². The molecule has 1 N–H and O–H groups in total. The lowest BCUT2D eigenvalue weighted by Gasteiger charge is -2.29. The third-order valence-corrected chi connectivity index (χ3v) is 4.98. The van der Waals surface area contributed by atoms with E-state index in [2.05, 4.69) is 29.2 Å². The highest BCUT2D eigenvalue weighted by Gasteiger charge is 2.47. The van der Waals surface area contributed by atoms with Gasteiger partial charge in [0.25, 0.3) is 0 Å². The van der Waals surface area contributed by atoms with Crippen LogP contribution >= 0.6 is 0 Å². The number of likely N-dealkylation sites (tertiary alicyclic amines) is 1. The number of rotatable bonds is 4. The van der Waals surface area contributed by atoms with Gasteiger partial charge in [0.1, 0.15) is 5.54 Å². The molecule has 1 aliphatic carbocycles. The first-order chi connectivity index (χ1) is 9.02. The van der Waals surface area contributed by atoms with Crippen molar-refractivity contribution in [1.82, 2.24) is 15.1 Å². The van der Waals surface area contributed by atoms with E-state index < -0.39 is 5.54 Å². The number of carbonyl (C=O) groups excluding carboxylic acids is 1. The van der Waals surface area contributed by atoms with E-state index in [1.165, 1.54) is 13.5 Å². The maximum absolute atomic E-state index is 12.0. The molecule has 0 radical (unpaired) electrons. The van der Waals surface area contributed by atoms with E-state index in [0.29, 0.717) is 12.1 Å². The van der Waals surface area contributed by atoms with Crippen LogP contribution in [0.5, 0.6) is 0 Å². The molecule has 3 atom stereocenters. The largest absolute Gasteiger partial charge is 0.468 e. The van der Waals surface area contributed by atoms with Gasteiger partial charge < -0.3 is 15.0 Å². The topological polar surface area (TPSA) is 44.8 Å². The van der Waals surface area contributed by atoms with Crippen LogP contribution in [-0.2, 0) is 9.53 Å². The molecule has 110 valence electrons. The molecule has 2 rings (SSSR count). The molecule has 3 unspecified atom stereocenters. The van der Waals surface area contributed by atoms with E-state index in [9.17, 15) is 4.79 Å². The molecule has 0 aromatic rings. The van der Waals surface area contributed by atoms with Crippen LogP contribution in [0.15, 0.2) is 0 Å². The summed E-state index contributed by atoms with van der Waals surface area (Å²) >= 11 is 0. The molecule has 0 spiro atoms. The molecular formula is C14H27N3O2. The van der Waals surface area contributed by atoms with E-state index in [4.69, 9.17) is 4.74 Å². The first-order valence-corrected chi connectivity index (χ1v) is 7.20. The molecule has 2 fully saturated rings. The maximum Gasteiger partial charge on any atom is 0.326 e. The molecule has 5 nitrogen and oxygen atoms in total. The second-order valence-electron chi connectivity index (χ2n) is 6.12. The second kappa shape index (κ2) is 5.77. The van der Waals surface area contributed by atoms with Crippen molar-refractivity contribution in [1.29, 1.82) is 0 Å². The minimum Gasteiger partial charge on any atom is -0.468 e. The van der Waals surface area contributed by atoms with Crippen molar-refractivity contribution in [2.45, 2.75) is 43.3 Å². The molecular weight excluding hydrogens is 242 g/mol. The normalized spacial score (nSPS) is 36.1. The predicted molar refractivity (Wildman–Crippen MR) is 75.1 cm³/mol. The average Bonchev–Trinajstić information content (AvgIpc) is 3.04. The lowest BCUT2D eigenvalue weighted by molar-refractivity contribution is -0.148. The summed E-state index contributed by atoms with van der Waals surface area (Å²) in [6.07, 6.45) is 4.06. The van der Waals surface area contributed by atoms with Crippen molar-refractivity contribution in [2.24, 2.45) is 0 Å². The predicted octanol–water partition coefficient (Wildman–Crippen LogP) is 0.306. The second-order valence-corrected chi connectivity index (χ2v) is 6.12. The summed E-state index contributed by atoms with van der Waals surface area (Å²) in [4.78, 5) is 16.8. The maximum atomic E-state index is 12.0. The van der Waals surface area contributed by atoms with Crippen LogP contribution in [0.2, 0.25) is 0 Å². The fourth-order valence-electron chi connectivity index (χ4n) is 3.56. The lowest BCUT2D eigenvalue weighted by Crippen LogP contribution is -2.50. The van der Waals surface area contributed by atoms with E-state index >= 15 is 0 Å². The Morgan fingerprint density at radius 1 is 1.42 bits per heavy atom. The van der Waals surface area contributed by atoms with Gasteiger partial charge in [-0.25, -0.2) is 0 Å². The smallest absolute Gasteiger partial charge is 0.326 e. The summed E-state index contributed by atoms with van der Waals surface area (Å²) in [5.41, 5.74) is -0.463. The number of esters is 1. The van der Waals surface area contributed by atoms with Gasteiger partial charge >= 0.3 is 5.97 Å². The molecule has 0 aromatic carbocycles. The van der Waals surface area contributed by atoms with Crippen LogP contribution in [0.3, 0.4) is 0 Å². The van der Waals surface area contributed by atoms with E-state index in [1.54, 1.807) is 0 Å². The third kappa shape index (κ3) is 2.78. The Balaban J connectivity index is 1.97. The summed E-state index contributed by atoms with van der Waals surface area (Å²) < 4.78 is 4.97. The summed E-state index contributed by atoms with van der Waals surface area (Å²) in [5.74, 6) is -0.110. The van der Waals surface area contributed by atoms with Gasteiger partial charge in [-0.1, -0.05) is 0 Å². The summed E-state index contributed by atoms with van der Waals surface area (Å²) in [5, 5.41) is 3.20. The van der Waals surface area contributed by atoms with Crippen molar-refractivity contribution in [3.8, 4) is 0 Å². The first-order valence-electron chi connectivity index (χ1n) is 7.20. The third-order valence-electron chi connectivity index (χ3n) is 4.98. The zero-order valence-corrected chi connectivity index (χ0v) is 12.6. The quantitative estimate of drug-likeness (QED) is 0.744. The fraction of sp³-hybridized carbons (Fsp3) is 0.929. The minimum atomic E-state index is -0.463. The zero-order chi connectivity index (χ0) is 14.0. The van der Waals surface area contributed by atoms with Crippen LogP contribution in [0.1, 0.15) is 25.7 Å². The summed E-state index contributed by atoms with van der Waals surface area (Å²) in [6.45, 7) is 2.27. The van der Waals surface area contributed by atoms with Crippen LogP contribution in [0.4, 0.5) is 0 Å². The lowest BCUT2D eigenvalue weighted by atomic mass is 9.97. The van der Waals surface area contributed by atoms with Crippen LogP contribution in [-0.4, -0.2) is 74.7 Å². The Kier molecular flexibility index (Phi) is 4.48. The molecule has 0 aromatic heterocycles. The zero-order valence-electron chi connectivity index (χ0n) is 12.6. The van der Waals surface area contributed by atoms with E-state index in [-0.39, 0.29) is 5.97 Å². The number of nitrogens with zero attached hydrogens (tertiary/aromatic N) is 2. The molecule has 1 heterocycles. The molecule has 0 amide bonds. The van der Waals surface area contributed by atoms with Crippen LogP contribution in [0.25, 0.3) is 0 Å². The minimum absolute atomic E-state index is 0.110. The van der Waals surface area contributed by atoms with Gasteiger partial charge in [0.15, 0.2) is 0 Å². The van der Waals surface area contributed by atoms with Gasteiger partial charge in [-0.15, -0.1) is 0 Å². The number of methoxy groups -OCH3 is 1. The Hall–Kier alpha value is -0.650. The van der Waals surface area contributed by atoms with Gasteiger partial charge in [-0.2, -0.15) is 0 Å². The fourth-order valence-corrected chi connectivity index (χ4v) is 3.56. The highest BCUT2D eigenvalue weighted by Crippen LogP contribution is 2.35. The van der Waals surface area contributed by atoms with Gasteiger partial charge in [-0.3, -0.25) is 9.69 Å². The molecule has 0 bridgehead atoms. The Morgan fingerprint density at radius 2 is 2.16 bits per heavy atom. The monoisotopic (exact) mass is 269 g/mol. The number of likely N-dealkylation sites (N-methyl/N-ethyl adjacent to an activating group) is 2. The summed E-state index contributed by atoms with van der Waals surface area (Å²) in [6, 6.07) is 1.17. The molecule has 19 heavy (non-hydrogen) atoms. The Labute approximate surface area is 116 Å². The van der Waals surface area contributed by atoms with E-state index in [0.717, 1.165) is 32.4 Å². The standard InChI is InChI=1S/C14H27N3O2/c1-15-14(13(18)19-4)7-5-11(9-14)17-8-6-12(10-17)16(2)3/h11-12,15H,5-10H2,1-4H3. The highest BCUT2D eigenvalue weighted by atomic mass is 16.5. The number of hydrogen-bond acceptors (Lipinski definition) is 5. The molecule has 1 saturated carbocycles. The van der Waals surface area contributed by atoms with E-state index in [1.807, 2.05) is 7.05 Å². The van der Waals surface area contributed by atoms with Gasteiger partial charge in [-0.05, 0) is 46.8 Å². The highest BCUT2D eigenvalue weighted by molar-refractivity contribution is 5.81. The van der Waals surface area contributed by atoms with Crippen LogP contribution in [0, 0.1) is 0 Å². The molecule has 1 aliphatic heterocycles. The molecule has 1 saturated heterocycles. The van der Waals surface area contributed by atoms with Gasteiger partial charge in [0.2, 0.25) is 0 Å². The van der Waals surface area contributed by atoms with Gasteiger partial charge in [0.05, 0.1) is 7.11 Å². The molecule has 2 aliphatic rings. The van der Waals surface area contributed by atoms with Crippen molar-refractivity contribution in [3.63, 3.8) is 0 Å². The van der Waals surface area contributed by atoms with Crippen LogP contribution < -0.4 is 5.32 Å². The number of nitrogens with one attached hydrogen (secondary N) is 1. The Bertz CT molecular complexity index is 335. The number of carbonyl (C=O) groups is 1. The number of ether oxygens (including phenoxy) is 1. The van der Waals surface area contributed by atoms with Crippen molar-refractivity contribution >= 4 is 5.97 Å². The molecule has 5 heteroatoms. The average molecular weight is 269 g/mol. The summed E-state index contributed by atoms with van der Waals surface area (Å²) in [7, 11) is 7.64.